The number of benzene rings is 1. The minimum atomic E-state index is -0.441. The molecule has 0 aliphatic carbocycles. The average molecular weight is 323 g/mol. The van der Waals surface area contributed by atoms with Crippen LogP contribution in [0.5, 0.6) is 0 Å². The Morgan fingerprint density at radius 1 is 1.25 bits per heavy atom. The van der Waals surface area contributed by atoms with Gasteiger partial charge >= 0.3 is 0 Å². The molecule has 0 saturated carbocycles. The molecule has 0 atom stereocenters. The summed E-state index contributed by atoms with van der Waals surface area (Å²) < 4.78 is 5.42. The maximum Gasteiger partial charge on any atom is 0.261 e. The third-order valence-electron chi connectivity index (χ3n) is 3.75. The minimum absolute atomic E-state index is 0.0878. The van der Waals surface area contributed by atoms with E-state index in [-0.39, 0.29) is 12.1 Å². The first-order valence-electron chi connectivity index (χ1n) is 7.53. The van der Waals surface area contributed by atoms with Crippen LogP contribution >= 0.6 is 0 Å². The molecule has 0 unspecified atom stereocenters. The molecule has 6 nitrogen and oxygen atoms in total. The van der Waals surface area contributed by atoms with Crippen molar-refractivity contribution < 1.29 is 9.21 Å². The number of nitrogens with one attached hydrogen (secondary N) is 2. The Labute approximate surface area is 138 Å². The number of oxazole rings is 1. The second-order valence-electron chi connectivity index (χ2n) is 5.51. The van der Waals surface area contributed by atoms with Gasteiger partial charge in [0.1, 0.15) is 11.8 Å². The summed E-state index contributed by atoms with van der Waals surface area (Å²) in [5.74, 6) is 0.0486. The highest BCUT2D eigenvalue weighted by atomic mass is 16.3. The Balaban J connectivity index is 1.70. The van der Waals surface area contributed by atoms with Crippen LogP contribution in [-0.4, -0.2) is 15.9 Å². The number of hydrogen-bond donors (Lipinski definition) is 2. The summed E-state index contributed by atoms with van der Waals surface area (Å²) >= 11 is 0. The second kappa shape index (κ2) is 6.54. The number of carbonyl (C=O) groups excluding carboxylic acids is 1. The highest BCUT2D eigenvalue weighted by Gasteiger charge is 2.13. The monoisotopic (exact) mass is 323 g/mol. The summed E-state index contributed by atoms with van der Waals surface area (Å²) in [6.45, 7) is 3.81. The van der Waals surface area contributed by atoms with Gasteiger partial charge in [-0.05, 0) is 37.6 Å². The fourth-order valence-electron chi connectivity index (χ4n) is 2.26. The molecule has 0 bridgehead atoms. The second-order valence-corrected chi connectivity index (χ2v) is 5.51. The Kier molecular flexibility index (Phi) is 4.29. The van der Waals surface area contributed by atoms with Gasteiger partial charge in [0.05, 0.1) is 12.2 Å². The van der Waals surface area contributed by atoms with Gasteiger partial charge in [0.2, 0.25) is 5.89 Å². The summed E-state index contributed by atoms with van der Waals surface area (Å²) in [6, 6.07) is 11.1. The summed E-state index contributed by atoms with van der Waals surface area (Å²) in [5, 5.41) is 2.69. The van der Waals surface area contributed by atoms with Crippen molar-refractivity contribution in [2.45, 2.75) is 20.4 Å². The fraction of sp³-hybridized carbons (Fsp3) is 0.167. The van der Waals surface area contributed by atoms with Gasteiger partial charge in [-0.2, -0.15) is 0 Å². The molecule has 3 aromatic rings. The molecule has 0 aliphatic rings. The van der Waals surface area contributed by atoms with Gasteiger partial charge < -0.3 is 14.7 Å². The molecule has 6 heteroatoms. The van der Waals surface area contributed by atoms with Crippen LogP contribution in [0.15, 0.2) is 51.9 Å². The lowest BCUT2D eigenvalue weighted by molar-refractivity contribution is 0.0949. The molecule has 0 saturated heterocycles. The number of pyridine rings is 1. The van der Waals surface area contributed by atoms with E-state index in [4.69, 9.17) is 4.42 Å². The Bertz CT molecular complexity index is 926. The Morgan fingerprint density at radius 3 is 2.75 bits per heavy atom. The van der Waals surface area contributed by atoms with Crippen LogP contribution < -0.4 is 10.9 Å². The van der Waals surface area contributed by atoms with Gasteiger partial charge in [-0.1, -0.05) is 18.2 Å². The quantitative estimate of drug-likeness (QED) is 0.772. The van der Waals surface area contributed by atoms with Crippen molar-refractivity contribution in [3.8, 4) is 11.5 Å². The van der Waals surface area contributed by atoms with E-state index >= 15 is 0 Å². The van der Waals surface area contributed by atoms with Gasteiger partial charge in [-0.15, -0.1) is 0 Å². The third kappa shape index (κ3) is 3.27. The van der Waals surface area contributed by atoms with Crippen LogP contribution in [0.4, 0.5) is 0 Å². The first kappa shape index (κ1) is 15.7. The number of carbonyl (C=O) groups is 1. The van der Waals surface area contributed by atoms with Crippen LogP contribution in [0.25, 0.3) is 11.5 Å². The molecule has 0 aliphatic heterocycles. The summed E-state index contributed by atoms with van der Waals surface area (Å²) in [4.78, 5) is 31.1. The zero-order valence-corrected chi connectivity index (χ0v) is 13.4. The molecular weight excluding hydrogens is 306 g/mol. The summed E-state index contributed by atoms with van der Waals surface area (Å²) in [5.41, 5.74) is 2.74. The molecule has 2 heterocycles. The molecule has 2 aromatic heterocycles. The van der Waals surface area contributed by atoms with Crippen molar-refractivity contribution in [2.24, 2.45) is 0 Å². The topological polar surface area (TPSA) is 88.0 Å². The predicted octanol–water partition coefficient (Wildman–Crippen LogP) is 2.58. The van der Waals surface area contributed by atoms with Crippen molar-refractivity contribution >= 4 is 5.91 Å². The molecule has 3 rings (SSSR count). The standard InChI is InChI=1S/C18H17N3O3/c1-11-8-15(17(23)20-12(11)2)16(22)19-9-14-10-24-18(21-14)13-6-4-3-5-7-13/h3-8,10H,9H2,1-2H3,(H,19,22)(H,20,23). The largest absolute Gasteiger partial charge is 0.444 e. The highest BCUT2D eigenvalue weighted by molar-refractivity contribution is 5.93. The van der Waals surface area contributed by atoms with E-state index in [0.717, 1.165) is 16.8 Å². The highest BCUT2D eigenvalue weighted by Crippen LogP contribution is 2.17. The van der Waals surface area contributed by atoms with Crippen LogP contribution in [-0.2, 0) is 6.54 Å². The van der Waals surface area contributed by atoms with Crippen molar-refractivity contribution in [1.82, 2.24) is 15.3 Å². The van der Waals surface area contributed by atoms with E-state index in [2.05, 4.69) is 15.3 Å². The van der Waals surface area contributed by atoms with Crippen molar-refractivity contribution in [3.63, 3.8) is 0 Å². The Morgan fingerprint density at radius 2 is 2.00 bits per heavy atom. The molecule has 2 N–H and O–H groups in total. The first-order chi connectivity index (χ1) is 11.5. The van der Waals surface area contributed by atoms with Crippen LogP contribution in [0.1, 0.15) is 27.3 Å². The van der Waals surface area contributed by atoms with Gasteiger partial charge in [-0.3, -0.25) is 9.59 Å². The van der Waals surface area contributed by atoms with E-state index in [1.54, 1.807) is 13.0 Å². The predicted molar refractivity (Wildman–Crippen MR) is 89.6 cm³/mol. The first-order valence-corrected chi connectivity index (χ1v) is 7.53. The fourth-order valence-corrected chi connectivity index (χ4v) is 2.26. The van der Waals surface area contributed by atoms with Gasteiger partial charge in [0.25, 0.3) is 11.5 Å². The molecule has 122 valence electrons. The molecule has 0 fully saturated rings. The normalized spacial score (nSPS) is 10.6. The number of aromatic amines is 1. The molecule has 24 heavy (non-hydrogen) atoms. The van der Waals surface area contributed by atoms with E-state index in [1.807, 2.05) is 37.3 Å². The summed E-state index contributed by atoms with van der Waals surface area (Å²) in [7, 11) is 0. The number of rotatable bonds is 4. The van der Waals surface area contributed by atoms with Crippen LogP contribution in [0.3, 0.4) is 0 Å². The average Bonchev–Trinajstić information content (AvgIpc) is 3.06. The lowest BCUT2D eigenvalue weighted by Crippen LogP contribution is -2.29. The number of H-pyrrole nitrogens is 1. The number of hydrogen-bond acceptors (Lipinski definition) is 4. The number of amides is 1. The lowest BCUT2D eigenvalue weighted by atomic mass is 10.1. The number of aryl methyl sites for hydroxylation is 2. The molecule has 1 aromatic carbocycles. The van der Waals surface area contributed by atoms with E-state index < -0.39 is 11.5 Å². The van der Waals surface area contributed by atoms with Gasteiger partial charge in [0.15, 0.2) is 0 Å². The minimum Gasteiger partial charge on any atom is -0.444 e. The van der Waals surface area contributed by atoms with E-state index in [1.165, 1.54) is 6.26 Å². The number of aromatic nitrogens is 2. The molecule has 1 amide bonds. The summed E-state index contributed by atoms with van der Waals surface area (Å²) in [6.07, 6.45) is 1.49. The van der Waals surface area contributed by atoms with Crippen LogP contribution in [0, 0.1) is 13.8 Å². The van der Waals surface area contributed by atoms with Crippen molar-refractivity contribution in [2.75, 3.05) is 0 Å². The maximum absolute atomic E-state index is 12.2. The third-order valence-corrected chi connectivity index (χ3v) is 3.75. The van der Waals surface area contributed by atoms with E-state index in [9.17, 15) is 9.59 Å². The lowest BCUT2D eigenvalue weighted by Gasteiger charge is -2.05. The SMILES string of the molecule is Cc1cc(C(=O)NCc2coc(-c3ccccc3)n2)c(=O)[nH]c1C. The van der Waals surface area contributed by atoms with E-state index in [0.29, 0.717) is 11.6 Å². The Hall–Kier alpha value is -3.15. The maximum atomic E-state index is 12.2. The molecule has 0 radical (unpaired) electrons. The number of nitrogens with zero attached hydrogens (tertiary/aromatic N) is 1. The zero-order valence-electron chi connectivity index (χ0n) is 13.4. The zero-order chi connectivity index (χ0) is 17.1. The van der Waals surface area contributed by atoms with Gasteiger partial charge in [0, 0.05) is 11.3 Å². The van der Waals surface area contributed by atoms with Crippen molar-refractivity contribution in [1.29, 1.82) is 0 Å². The van der Waals surface area contributed by atoms with Crippen LogP contribution in [0.2, 0.25) is 0 Å². The van der Waals surface area contributed by atoms with Crippen molar-refractivity contribution in [3.05, 3.63) is 75.5 Å². The van der Waals surface area contributed by atoms with Gasteiger partial charge in [-0.25, -0.2) is 4.98 Å². The molecular formula is C18H17N3O3. The smallest absolute Gasteiger partial charge is 0.261 e. The molecule has 0 spiro atoms.